The predicted octanol–water partition coefficient (Wildman–Crippen LogP) is 2.98. The molecule has 142 valence electrons. The van der Waals surface area contributed by atoms with Crippen molar-refractivity contribution < 1.29 is 14.0 Å². The van der Waals surface area contributed by atoms with Crippen LogP contribution in [0.1, 0.15) is 23.1 Å². The number of rotatable bonds is 4. The van der Waals surface area contributed by atoms with Gasteiger partial charge in [-0.05, 0) is 42.2 Å². The normalized spacial score (nSPS) is 14.7. The van der Waals surface area contributed by atoms with Crippen LogP contribution in [0.3, 0.4) is 0 Å². The minimum Gasteiger partial charge on any atom is -0.341 e. The van der Waals surface area contributed by atoms with Crippen molar-refractivity contribution in [2.75, 3.05) is 26.2 Å². The molecule has 5 heteroatoms. The molecule has 0 unspecified atom stereocenters. The molecule has 3 rings (SSSR count). The first kappa shape index (κ1) is 19.1. The minimum absolute atomic E-state index is 0.0196. The fourth-order valence-electron chi connectivity index (χ4n) is 3.43. The summed E-state index contributed by atoms with van der Waals surface area (Å²) < 4.78 is 13.3. The van der Waals surface area contributed by atoms with Gasteiger partial charge in [0.15, 0.2) is 0 Å². The van der Waals surface area contributed by atoms with Gasteiger partial charge in [0.25, 0.3) is 0 Å². The van der Waals surface area contributed by atoms with Gasteiger partial charge in [0.2, 0.25) is 11.8 Å². The first-order chi connectivity index (χ1) is 13.0. The van der Waals surface area contributed by atoms with Crippen LogP contribution in [-0.2, 0) is 22.4 Å². The molecule has 2 amide bonds. The van der Waals surface area contributed by atoms with Crippen LogP contribution >= 0.6 is 0 Å². The Morgan fingerprint density at radius 2 is 1.56 bits per heavy atom. The number of hydrogen-bond donors (Lipinski definition) is 0. The first-order valence-corrected chi connectivity index (χ1v) is 9.37. The summed E-state index contributed by atoms with van der Waals surface area (Å²) in [6.07, 6.45) is 1.34. The number of carbonyl (C=O) groups is 2. The number of nitrogens with zero attached hydrogens (tertiary/aromatic N) is 2. The lowest BCUT2D eigenvalue weighted by Gasteiger charge is -2.22. The lowest BCUT2D eigenvalue weighted by atomic mass is 10.1. The van der Waals surface area contributed by atoms with Crippen molar-refractivity contribution in [2.45, 2.75) is 26.2 Å². The van der Waals surface area contributed by atoms with Gasteiger partial charge >= 0.3 is 0 Å². The Morgan fingerprint density at radius 1 is 0.889 bits per heavy atom. The Bertz CT molecular complexity index is 821. The van der Waals surface area contributed by atoms with Crippen LogP contribution in [0.15, 0.2) is 48.5 Å². The second-order valence-corrected chi connectivity index (χ2v) is 7.03. The summed E-state index contributed by atoms with van der Waals surface area (Å²) in [6.45, 7) is 4.36. The average molecular weight is 368 g/mol. The second-order valence-electron chi connectivity index (χ2n) is 7.03. The molecular formula is C22H25FN2O2. The molecule has 0 bridgehead atoms. The van der Waals surface area contributed by atoms with Gasteiger partial charge in [-0.15, -0.1) is 0 Å². The molecule has 1 fully saturated rings. The Labute approximate surface area is 159 Å². The summed E-state index contributed by atoms with van der Waals surface area (Å²) in [7, 11) is 0. The van der Waals surface area contributed by atoms with Crippen molar-refractivity contribution in [1.82, 2.24) is 9.80 Å². The zero-order valence-corrected chi connectivity index (χ0v) is 15.7. The molecule has 1 heterocycles. The van der Waals surface area contributed by atoms with Gasteiger partial charge in [-0.3, -0.25) is 9.59 Å². The minimum atomic E-state index is -0.329. The van der Waals surface area contributed by atoms with E-state index in [1.165, 1.54) is 12.1 Å². The molecule has 4 nitrogen and oxygen atoms in total. The van der Waals surface area contributed by atoms with Gasteiger partial charge < -0.3 is 9.80 Å². The van der Waals surface area contributed by atoms with Crippen molar-refractivity contribution in [3.8, 4) is 0 Å². The molecule has 1 aliphatic heterocycles. The third-order valence-corrected chi connectivity index (χ3v) is 5.05. The monoisotopic (exact) mass is 368 g/mol. The van der Waals surface area contributed by atoms with Crippen molar-refractivity contribution in [3.63, 3.8) is 0 Å². The van der Waals surface area contributed by atoms with Gasteiger partial charge in [0.1, 0.15) is 5.82 Å². The van der Waals surface area contributed by atoms with Crippen LogP contribution in [0.25, 0.3) is 0 Å². The van der Waals surface area contributed by atoms with E-state index in [1.54, 1.807) is 17.0 Å². The third-order valence-electron chi connectivity index (χ3n) is 5.05. The Balaban J connectivity index is 1.56. The fraction of sp³-hybridized carbons (Fsp3) is 0.364. The van der Waals surface area contributed by atoms with E-state index in [-0.39, 0.29) is 24.1 Å². The molecule has 2 aromatic rings. The lowest BCUT2D eigenvalue weighted by molar-refractivity contribution is -0.132. The summed E-state index contributed by atoms with van der Waals surface area (Å²) in [5.41, 5.74) is 2.84. The van der Waals surface area contributed by atoms with Gasteiger partial charge in [0.05, 0.1) is 12.8 Å². The molecule has 0 aromatic heterocycles. The van der Waals surface area contributed by atoms with Crippen LogP contribution in [-0.4, -0.2) is 47.8 Å². The Morgan fingerprint density at radius 3 is 2.22 bits per heavy atom. The van der Waals surface area contributed by atoms with Gasteiger partial charge in [-0.2, -0.15) is 0 Å². The summed E-state index contributed by atoms with van der Waals surface area (Å²) >= 11 is 0. The zero-order valence-electron chi connectivity index (χ0n) is 15.7. The smallest absolute Gasteiger partial charge is 0.227 e. The zero-order chi connectivity index (χ0) is 19.2. The number of aryl methyl sites for hydroxylation is 1. The highest BCUT2D eigenvalue weighted by molar-refractivity contribution is 5.80. The number of halogens is 1. The van der Waals surface area contributed by atoms with E-state index in [2.05, 4.69) is 0 Å². The molecule has 1 aliphatic rings. The molecule has 27 heavy (non-hydrogen) atoms. The molecule has 0 saturated carbocycles. The molecular weight excluding hydrogens is 343 g/mol. The van der Waals surface area contributed by atoms with Crippen molar-refractivity contribution in [3.05, 3.63) is 71.0 Å². The Hall–Kier alpha value is -2.69. The first-order valence-electron chi connectivity index (χ1n) is 9.37. The van der Waals surface area contributed by atoms with Crippen LogP contribution in [0.2, 0.25) is 0 Å². The van der Waals surface area contributed by atoms with Gasteiger partial charge in [-0.25, -0.2) is 4.39 Å². The van der Waals surface area contributed by atoms with E-state index >= 15 is 0 Å². The quantitative estimate of drug-likeness (QED) is 0.832. The fourth-order valence-corrected chi connectivity index (χ4v) is 3.43. The summed E-state index contributed by atoms with van der Waals surface area (Å²) in [4.78, 5) is 28.8. The molecule has 0 spiro atoms. The summed E-state index contributed by atoms with van der Waals surface area (Å²) in [5.74, 6) is -0.248. The number of amides is 2. The van der Waals surface area contributed by atoms with Crippen molar-refractivity contribution in [2.24, 2.45) is 0 Å². The maximum Gasteiger partial charge on any atom is 0.227 e. The largest absolute Gasteiger partial charge is 0.341 e. The number of hydrogen-bond acceptors (Lipinski definition) is 2. The molecule has 0 radical (unpaired) electrons. The van der Waals surface area contributed by atoms with Crippen molar-refractivity contribution >= 4 is 11.8 Å². The van der Waals surface area contributed by atoms with Crippen LogP contribution in [0, 0.1) is 12.7 Å². The molecule has 0 N–H and O–H groups in total. The molecule has 0 atom stereocenters. The predicted molar refractivity (Wildman–Crippen MR) is 103 cm³/mol. The highest BCUT2D eigenvalue weighted by atomic mass is 19.1. The lowest BCUT2D eigenvalue weighted by Crippen LogP contribution is -2.38. The molecule has 2 aromatic carbocycles. The Kier molecular flexibility index (Phi) is 6.22. The van der Waals surface area contributed by atoms with Crippen LogP contribution < -0.4 is 0 Å². The topological polar surface area (TPSA) is 40.6 Å². The molecule has 1 saturated heterocycles. The van der Waals surface area contributed by atoms with Gasteiger partial charge in [-0.1, -0.05) is 36.4 Å². The third kappa shape index (κ3) is 5.16. The average Bonchev–Trinajstić information content (AvgIpc) is 2.90. The highest BCUT2D eigenvalue weighted by Crippen LogP contribution is 2.12. The number of carbonyl (C=O) groups excluding carboxylic acids is 2. The summed E-state index contributed by atoms with van der Waals surface area (Å²) in [5, 5.41) is 0. The van der Waals surface area contributed by atoms with E-state index in [1.807, 2.05) is 36.1 Å². The van der Waals surface area contributed by atoms with Crippen molar-refractivity contribution in [1.29, 1.82) is 0 Å². The van der Waals surface area contributed by atoms with E-state index in [0.29, 0.717) is 38.2 Å². The van der Waals surface area contributed by atoms with E-state index in [9.17, 15) is 14.0 Å². The molecule has 0 aliphatic carbocycles. The van der Waals surface area contributed by atoms with Crippen LogP contribution in [0.4, 0.5) is 4.39 Å². The van der Waals surface area contributed by atoms with E-state index in [0.717, 1.165) is 17.5 Å². The maximum absolute atomic E-state index is 13.3. The standard InChI is InChI=1S/C22H25FN2O2/c1-17-6-2-3-8-19(17)16-22(27)25-11-5-10-24(12-13-25)21(26)15-18-7-4-9-20(23)14-18/h2-4,6-9,14H,5,10-13,15-16H2,1H3. The second kappa shape index (κ2) is 8.80. The van der Waals surface area contributed by atoms with Gasteiger partial charge in [0, 0.05) is 26.2 Å². The highest BCUT2D eigenvalue weighted by Gasteiger charge is 2.22. The maximum atomic E-state index is 13.3. The summed E-state index contributed by atoms with van der Waals surface area (Å²) in [6, 6.07) is 14.1. The van der Waals surface area contributed by atoms with E-state index < -0.39 is 0 Å². The van der Waals surface area contributed by atoms with Crippen LogP contribution in [0.5, 0.6) is 0 Å². The van der Waals surface area contributed by atoms with E-state index in [4.69, 9.17) is 0 Å². The SMILES string of the molecule is Cc1ccccc1CC(=O)N1CCCN(C(=O)Cc2cccc(F)c2)CC1. The number of benzene rings is 2.